The molecule has 4 aromatic heterocycles. The summed E-state index contributed by atoms with van der Waals surface area (Å²) < 4.78 is 16.5. The van der Waals surface area contributed by atoms with Gasteiger partial charge in [0.25, 0.3) is 0 Å². The maximum Gasteiger partial charge on any atom is 0.163 e. The van der Waals surface area contributed by atoms with Crippen molar-refractivity contribution < 1.29 is 14.6 Å². The number of hydrogen-bond acceptors (Lipinski definition) is 5. The van der Waals surface area contributed by atoms with Crippen LogP contribution in [0.1, 0.15) is 38.6 Å². The Kier molecular flexibility index (Phi) is 4.53. The lowest BCUT2D eigenvalue weighted by molar-refractivity contribution is -0.158. The number of H-pyrrole nitrogens is 1. The zero-order valence-corrected chi connectivity index (χ0v) is 17.1. The lowest BCUT2D eigenvalue weighted by atomic mass is 9.71. The molecule has 0 spiro atoms. The van der Waals surface area contributed by atoms with Crippen LogP contribution in [-0.2, 0) is 0 Å². The van der Waals surface area contributed by atoms with Crippen molar-refractivity contribution in [2.75, 3.05) is 0 Å². The fourth-order valence-electron chi connectivity index (χ4n) is 4.62. The van der Waals surface area contributed by atoms with Crippen LogP contribution in [0.2, 0.25) is 5.02 Å². The third kappa shape index (κ3) is 2.90. The van der Waals surface area contributed by atoms with Gasteiger partial charge in [0.1, 0.15) is 11.3 Å². The molecule has 0 saturated heterocycles. The van der Waals surface area contributed by atoms with Gasteiger partial charge in [0, 0.05) is 47.2 Å². The van der Waals surface area contributed by atoms with Crippen LogP contribution in [0.3, 0.4) is 0 Å². The van der Waals surface area contributed by atoms with E-state index in [1.807, 2.05) is 6.92 Å². The lowest BCUT2D eigenvalue weighted by Gasteiger charge is -2.43. The van der Waals surface area contributed by atoms with Gasteiger partial charge in [-0.3, -0.25) is 0 Å². The first-order valence-electron chi connectivity index (χ1n) is 9.91. The molecule has 1 aliphatic carbocycles. The maximum absolute atomic E-state index is 14.7. The summed E-state index contributed by atoms with van der Waals surface area (Å²) in [5.74, 6) is -0.0141. The van der Waals surface area contributed by atoms with Gasteiger partial charge in [-0.25, -0.2) is 19.3 Å². The summed E-state index contributed by atoms with van der Waals surface area (Å²) in [7, 11) is 0. The molecule has 30 heavy (non-hydrogen) atoms. The van der Waals surface area contributed by atoms with Crippen LogP contribution in [0, 0.1) is 11.2 Å². The Bertz CT molecular complexity index is 1250. The first-order valence-corrected chi connectivity index (χ1v) is 10.3. The highest BCUT2D eigenvalue weighted by molar-refractivity contribution is 6.31. The van der Waals surface area contributed by atoms with Crippen molar-refractivity contribution in [1.82, 2.24) is 24.5 Å². The minimum atomic E-state index is -1.51. The second kappa shape index (κ2) is 7.01. The fraction of sp³-hybridized carbons (Fsp3) is 0.381. The van der Waals surface area contributed by atoms with Crippen molar-refractivity contribution >= 4 is 33.7 Å². The highest BCUT2D eigenvalue weighted by atomic mass is 35.5. The number of pyridine rings is 1. The number of aromatic nitrogens is 5. The van der Waals surface area contributed by atoms with E-state index in [1.165, 1.54) is 12.4 Å². The molecule has 4 heterocycles. The van der Waals surface area contributed by atoms with Crippen molar-refractivity contribution in [3.63, 3.8) is 0 Å². The van der Waals surface area contributed by atoms with Crippen LogP contribution in [0.15, 0.2) is 30.9 Å². The Labute approximate surface area is 176 Å². The molecule has 2 atom stereocenters. The van der Waals surface area contributed by atoms with E-state index in [1.54, 1.807) is 23.0 Å². The zero-order valence-electron chi connectivity index (χ0n) is 16.3. The summed E-state index contributed by atoms with van der Waals surface area (Å²) in [4.78, 5) is 16.4. The van der Waals surface area contributed by atoms with E-state index >= 15 is 0 Å². The Balaban J connectivity index is 1.69. The van der Waals surface area contributed by atoms with Crippen molar-refractivity contribution in [3.05, 3.63) is 41.7 Å². The molecule has 0 radical (unpaired) electrons. The Morgan fingerprint density at radius 2 is 2.10 bits per heavy atom. The summed E-state index contributed by atoms with van der Waals surface area (Å²) in [5.41, 5.74) is 1.01. The predicted molar refractivity (Wildman–Crippen MR) is 111 cm³/mol. The Morgan fingerprint density at radius 1 is 1.27 bits per heavy atom. The molecule has 3 N–H and O–H groups in total. The molecule has 1 saturated carbocycles. The van der Waals surface area contributed by atoms with Crippen LogP contribution < -0.4 is 0 Å². The molecule has 0 aliphatic heterocycles. The number of rotatable bonds is 3. The van der Waals surface area contributed by atoms with Crippen LogP contribution in [0.4, 0.5) is 4.39 Å². The number of nitrogens with one attached hydrogen (secondary N) is 1. The van der Waals surface area contributed by atoms with Crippen LogP contribution in [0.5, 0.6) is 0 Å². The SMILES string of the molecule is C[C@@]1(C(O)O)CCCC[C@H]1n1cc(F)c2cnc(-c3c[nH]c4ncc(Cl)cc34)nc21. The first-order chi connectivity index (χ1) is 14.4. The number of nitrogens with zero attached hydrogens (tertiary/aromatic N) is 4. The van der Waals surface area contributed by atoms with Crippen molar-refractivity contribution in [1.29, 1.82) is 0 Å². The van der Waals surface area contributed by atoms with Crippen molar-refractivity contribution in [2.45, 2.75) is 44.9 Å². The fourth-order valence-corrected chi connectivity index (χ4v) is 4.78. The van der Waals surface area contributed by atoms with Crippen molar-refractivity contribution in [2.24, 2.45) is 5.41 Å². The van der Waals surface area contributed by atoms with Gasteiger partial charge >= 0.3 is 0 Å². The molecule has 1 aliphatic rings. The summed E-state index contributed by atoms with van der Waals surface area (Å²) in [6.07, 6.45) is 7.84. The van der Waals surface area contributed by atoms with Gasteiger partial charge in [-0.2, -0.15) is 0 Å². The van der Waals surface area contributed by atoms with Crippen molar-refractivity contribution in [3.8, 4) is 11.4 Å². The van der Waals surface area contributed by atoms with Gasteiger partial charge in [0.05, 0.1) is 10.4 Å². The van der Waals surface area contributed by atoms with E-state index < -0.39 is 17.5 Å². The second-order valence-corrected chi connectivity index (χ2v) is 8.64. The third-order valence-electron chi connectivity index (χ3n) is 6.39. The topological polar surface area (TPSA) is 99.8 Å². The summed E-state index contributed by atoms with van der Waals surface area (Å²) in [6, 6.07) is 1.49. The van der Waals surface area contributed by atoms with Crippen LogP contribution in [0.25, 0.3) is 33.5 Å². The monoisotopic (exact) mass is 429 g/mol. The molecule has 156 valence electrons. The normalized spacial score (nSPS) is 22.4. The van der Waals surface area contributed by atoms with E-state index in [2.05, 4.69) is 19.9 Å². The van der Waals surface area contributed by atoms with Gasteiger partial charge in [-0.05, 0) is 18.9 Å². The quantitative estimate of drug-likeness (QED) is 0.424. The molecular weight excluding hydrogens is 409 g/mol. The van der Waals surface area contributed by atoms with E-state index in [0.29, 0.717) is 45.9 Å². The number of aliphatic hydroxyl groups is 2. The highest BCUT2D eigenvalue weighted by Crippen LogP contribution is 2.47. The number of halogens is 2. The maximum atomic E-state index is 14.7. The molecule has 0 aromatic carbocycles. The molecule has 5 rings (SSSR count). The molecule has 0 unspecified atom stereocenters. The standard InChI is InChI=1S/C21H21ClFN5O2/c1-21(20(29)30)5-3-2-4-16(21)28-10-15(23)14-9-26-18(27-19(14)28)13-8-25-17-12(13)6-11(22)7-24-17/h6-10,16,20,29-30H,2-5H2,1H3,(H,24,25)/t16-,21-/m1/s1. The van der Waals surface area contributed by atoms with Crippen LogP contribution in [-0.4, -0.2) is 41.0 Å². The third-order valence-corrected chi connectivity index (χ3v) is 6.60. The van der Waals surface area contributed by atoms with Gasteiger partial charge in [0.2, 0.25) is 0 Å². The smallest absolute Gasteiger partial charge is 0.163 e. The van der Waals surface area contributed by atoms with Gasteiger partial charge in [0.15, 0.2) is 17.9 Å². The first kappa shape index (κ1) is 19.4. The molecule has 0 amide bonds. The van der Waals surface area contributed by atoms with Gasteiger partial charge < -0.3 is 19.8 Å². The minimum absolute atomic E-state index is 0.292. The van der Waals surface area contributed by atoms with E-state index in [0.717, 1.165) is 18.2 Å². The molecule has 9 heteroatoms. The molecule has 1 fully saturated rings. The predicted octanol–water partition coefficient (Wildman–Crippen LogP) is 4.20. The van der Waals surface area contributed by atoms with Gasteiger partial charge in [-0.1, -0.05) is 31.4 Å². The van der Waals surface area contributed by atoms with Gasteiger partial charge in [-0.15, -0.1) is 0 Å². The lowest BCUT2D eigenvalue weighted by Crippen LogP contribution is -2.42. The summed E-state index contributed by atoms with van der Waals surface area (Å²) in [6.45, 7) is 1.83. The molecule has 0 bridgehead atoms. The number of aromatic amines is 1. The number of aliphatic hydroxyl groups excluding tert-OH is 1. The number of fused-ring (bicyclic) bond motifs is 2. The average Bonchev–Trinajstić information content (AvgIpc) is 3.28. The zero-order chi connectivity index (χ0) is 21.0. The summed E-state index contributed by atoms with van der Waals surface area (Å²) in [5, 5.41) is 21.7. The minimum Gasteiger partial charge on any atom is -0.368 e. The van der Waals surface area contributed by atoms with Crippen LogP contribution >= 0.6 is 11.6 Å². The van der Waals surface area contributed by atoms with E-state index in [4.69, 9.17) is 11.6 Å². The molecule has 7 nitrogen and oxygen atoms in total. The van der Waals surface area contributed by atoms with E-state index in [9.17, 15) is 14.6 Å². The highest BCUT2D eigenvalue weighted by Gasteiger charge is 2.43. The Morgan fingerprint density at radius 3 is 2.90 bits per heavy atom. The second-order valence-electron chi connectivity index (χ2n) is 8.21. The summed E-state index contributed by atoms with van der Waals surface area (Å²) >= 11 is 6.10. The van der Waals surface area contributed by atoms with E-state index in [-0.39, 0.29) is 6.04 Å². The largest absolute Gasteiger partial charge is 0.368 e. The number of hydrogen-bond donors (Lipinski definition) is 3. The molecular formula is C21H21ClFN5O2. The molecule has 4 aromatic rings. The Hall–Kier alpha value is -2.55. The average molecular weight is 430 g/mol.